The summed E-state index contributed by atoms with van der Waals surface area (Å²) in [6, 6.07) is 8.44. The highest BCUT2D eigenvalue weighted by Crippen LogP contribution is 2.18. The third-order valence-corrected chi connectivity index (χ3v) is 3.41. The van der Waals surface area contributed by atoms with Crippen LogP contribution in [0.2, 0.25) is 0 Å². The molecule has 1 amide bonds. The molecule has 0 saturated carbocycles. The zero-order chi connectivity index (χ0) is 11.4. The molecule has 0 aromatic heterocycles. The molecular weight excluding hydrogens is 266 g/mol. The van der Waals surface area contributed by atoms with Crippen molar-refractivity contribution in [3.63, 3.8) is 0 Å². The molecule has 1 heterocycles. The molecule has 0 bridgehead atoms. The van der Waals surface area contributed by atoms with Gasteiger partial charge in [0.1, 0.15) is 0 Å². The van der Waals surface area contributed by atoms with Crippen molar-refractivity contribution in [1.29, 1.82) is 0 Å². The van der Waals surface area contributed by atoms with Crippen LogP contribution < -0.4 is 0 Å². The fourth-order valence-corrected chi connectivity index (χ4v) is 2.49. The predicted molar refractivity (Wildman–Crippen MR) is 68.6 cm³/mol. The first-order chi connectivity index (χ1) is 7.81. The molecule has 16 heavy (non-hydrogen) atoms. The van der Waals surface area contributed by atoms with Gasteiger partial charge in [0.2, 0.25) is 5.91 Å². The van der Waals surface area contributed by atoms with E-state index in [-0.39, 0.29) is 5.91 Å². The largest absolute Gasteiger partial charge is 0.338 e. The van der Waals surface area contributed by atoms with E-state index in [0.29, 0.717) is 6.42 Å². The van der Waals surface area contributed by atoms with E-state index < -0.39 is 0 Å². The number of hydrogen-bond donors (Lipinski definition) is 0. The van der Waals surface area contributed by atoms with Crippen molar-refractivity contribution in [1.82, 2.24) is 4.90 Å². The minimum absolute atomic E-state index is 0.258. The van der Waals surface area contributed by atoms with Gasteiger partial charge >= 0.3 is 0 Å². The van der Waals surface area contributed by atoms with Crippen molar-refractivity contribution in [2.24, 2.45) is 0 Å². The van der Waals surface area contributed by atoms with Crippen LogP contribution in [-0.2, 0) is 17.8 Å². The Morgan fingerprint density at radius 3 is 2.81 bits per heavy atom. The van der Waals surface area contributed by atoms with Gasteiger partial charge in [-0.1, -0.05) is 40.2 Å². The molecule has 86 valence electrons. The Balaban J connectivity index is 2.13. The molecular formula is C13H16BrNO. The monoisotopic (exact) mass is 281 g/mol. The van der Waals surface area contributed by atoms with E-state index in [9.17, 15) is 4.79 Å². The van der Waals surface area contributed by atoms with Crippen LogP contribution in [0, 0.1) is 0 Å². The number of alkyl halides is 1. The number of nitrogens with zero attached hydrogens (tertiary/aromatic N) is 1. The van der Waals surface area contributed by atoms with Crippen LogP contribution in [0.25, 0.3) is 0 Å². The second-order valence-electron chi connectivity index (χ2n) is 4.13. The van der Waals surface area contributed by atoms with Crippen molar-refractivity contribution in [2.75, 3.05) is 11.9 Å². The predicted octanol–water partition coefficient (Wildman–Crippen LogP) is 2.75. The molecule has 1 aromatic rings. The Morgan fingerprint density at radius 1 is 1.31 bits per heavy atom. The number of fused-ring (bicyclic) bond motifs is 1. The minimum atomic E-state index is 0.258. The maximum absolute atomic E-state index is 11.9. The second kappa shape index (κ2) is 5.48. The van der Waals surface area contributed by atoms with E-state index in [1.54, 1.807) is 0 Å². The molecule has 0 unspecified atom stereocenters. The lowest BCUT2D eigenvalue weighted by molar-refractivity contribution is -0.131. The number of rotatable bonds is 2. The summed E-state index contributed by atoms with van der Waals surface area (Å²) in [7, 11) is 0. The summed E-state index contributed by atoms with van der Waals surface area (Å²) in [6.07, 6.45) is 2.77. The molecule has 1 aliphatic rings. The average molecular weight is 282 g/mol. The average Bonchev–Trinajstić information content (AvgIpc) is 2.51. The fraction of sp³-hybridized carbons (Fsp3) is 0.462. The summed E-state index contributed by atoms with van der Waals surface area (Å²) in [5, 5.41) is 0.754. The van der Waals surface area contributed by atoms with Gasteiger partial charge in [-0.15, -0.1) is 0 Å². The van der Waals surface area contributed by atoms with Gasteiger partial charge in [0, 0.05) is 24.8 Å². The summed E-state index contributed by atoms with van der Waals surface area (Å²) in [5.74, 6) is 0.258. The molecule has 0 N–H and O–H groups in total. The van der Waals surface area contributed by atoms with Crippen molar-refractivity contribution in [3.8, 4) is 0 Å². The summed E-state index contributed by atoms with van der Waals surface area (Å²) < 4.78 is 0. The number of amides is 1. The quantitative estimate of drug-likeness (QED) is 0.764. The number of aryl methyl sites for hydroxylation is 1. The van der Waals surface area contributed by atoms with Crippen molar-refractivity contribution in [2.45, 2.75) is 25.8 Å². The molecule has 0 saturated heterocycles. The van der Waals surface area contributed by atoms with Crippen LogP contribution in [-0.4, -0.2) is 22.7 Å². The van der Waals surface area contributed by atoms with Gasteiger partial charge in [-0.05, 0) is 24.0 Å². The van der Waals surface area contributed by atoms with Crippen LogP contribution in [0.1, 0.15) is 24.0 Å². The zero-order valence-corrected chi connectivity index (χ0v) is 10.9. The van der Waals surface area contributed by atoms with Crippen molar-refractivity contribution < 1.29 is 4.79 Å². The van der Waals surface area contributed by atoms with E-state index in [4.69, 9.17) is 0 Å². The lowest BCUT2D eigenvalue weighted by Gasteiger charge is -2.20. The highest BCUT2D eigenvalue weighted by Gasteiger charge is 2.17. The van der Waals surface area contributed by atoms with Crippen LogP contribution >= 0.6 is 15.9 Å². The van der Waals surface area contributed by atoms with Crippen molar-refractivity contribution in [3.05, 3.63) is 35.4 Å². The molecule has 0 radical (unpaired) electrons. The van der Waals surface area contributed by atoms with E-state index in [0.717, 1.165) is 31.3 Å². The first kappa shape index (κ1) is 11.6. The fourth-order valence-electron chi connectivity index (χ4n) is 2.15. The van der Waals surface area contributed by atoms with Crippen molar-refractivity contribution >= 4 is 21.8 Å². The van der Waals surface area contributed by atoms with Gasteiger partial charge in [-0.3, -0.25) is 4.79 Å². The van der Waals surface area contributed by atoms with Gasteiger partial charge in [0.15, 0.2) is 0 Å². The molecule has 0 aliphatic carbocycles. The Hall–Kier alpha value is -0.830. The van der Waals surface area contributed by atoms with E-state index in [2.05, 4.69) is 40.2 Å². The molecule has 0 fully saturated rings. The number of carbonyl (C=O) groups excluding carboxylic acids is 1. The Labute approximate surface area is 105 Å². The zero-order valence-electron chi connectivity index (χ0n) is 9.29. The molecule has 1 aliphatic heterocycles. The normalized spacial score (nSPS) is 15.4. The van der Waals surface area contributed by atoms with Gasteiger partial charge in [0.05, 0.1) is 0 Å². The van der Waals surface area contributed by atoms with E-state index >= 15 is 0 Å². The van der Waals surface area contributed by atoms with Gasteiger partial charge in [-0.25, -0.2) is 0 Å². The number of carbonyl (C=O) groups is 1. The molecule has 2 rings (SSSR count). The Kier molecular flexibility index (Phi) is 3.99. The third kappa shape index (κ3) is 2.64. The number of benzene rings is 1. The highest BCUT2D eigenvalue weighted by atomic mass is 79.9. The highest BCUT2D eigenvalue weighted by molar-refractivity contribution is 9.09. The standard InChI is InChI=1S/C13H16BrNO/c14-8-7-13(16)15-9-3-6-11-4-1-2-5-12(11)10-15/h1-2,4-5H,3,6-10H2. The Bertz CT molecular complexity index is 378. The SMILES string of the molecule is O=C(CCBr)N1CCCc2ccccc2C1. The maximum Gasteiger partial charge on any atom is 0.223 e. The first-order valence-electron chi connectivity index (χ1n) is 5.72. The van der Waals surface area contributed by atoms with Gasteiger partial charge in [-0.2, -0.15) is 0 Å². The van der Waals surface area contributed by atoms with Crippen LogP contribution in [0.3, 0.4) is 0 Å². The first-order valence-corrected chi connectivity index (χ1v) is 6.84. The van der Waals surface area contributed by atoms with E-state index in [1.165, 1.54) is 11.1 Å². The van der Waals surface area contributed by atoms with Crippen LogP contribution in [0.4, 0.5) is 0 Å². The van der Waals surface area contributed by atoms with Crippen LogP contribution in [0.5, 0.6) is 0 Å². The molecule has 0 spiro atoms. The lowest BCUT2D eigenvalue weighted by atomic mass is 10.0. The summed E-state index contributed by atoms with van der Waals surface area (Å²) >= 11 is 3.32. The minimum Gasteiger partial charge on any atom is -0.338 e. The molecule has 2 nitrogen and oxygen atoms in total. The molecule has 0 atom stereocenters. The number of halogens is 1. The second-order valence-corrected chi connectivity index (χ2v) is 4.92. The lowest BCUT2D eigenvalue weighted by Crippen LogP contribution is -2.30. The maximum atomic E-state index is 11.9. The molecule has 1 aromatic carbocycles. The topological polar surface area (TPSA) is 20.3 Å². The molecule has 3 heteroatoms. The third-order valence-electron chi connectivity index (χ3n) is 3.01. The smallest absolute Gasteiger partial charge is 0.223 e. The number of hydrogen-bond acceptors (Lipinski definition) is 1. The van der Waals surface area contributed by atoms with E-state index in [1.807, 2.05) is 4.90 Å². The van der Waals surface area contributed by atoms with Gasteiger partial charge in [0.25, 0.3) is 0 Å². The summed E-state index contributed by atoms with van der Waals surface area (Å²) in [4.78, 5) is 13.8. The summed E-state index contributed by atoms with van der Waals surface area (Å²) in [5.41, 5.74) is 2.71. The van der Waals surface area contributed by atoms with Crippen LogP contribution in [0.15, 0.2) is 24.3 Å². The van der Waals surface area contributed by atoms with Gasteiger partial charge < -0.3 is 4.90 Å². The Morgan fingerprint density at radius 2 is 2.06 bits per heavy atom. The summed E-state index contributed by atoms with van der Waals surface area (Å²) in [6.45, 7) is 1.67.